The molecule has 2 rings (SSSR count). The van der Waals surface area contributed by atoms with E-state index in [1.54, 1.807) is 6.20 Å². The Morgan fingerprint density at radius 2 is 1.88 bits per heavy atom. The lowest BCUT2D eigenvalue weighted by Crippen LogP contribution is -2.04. The molecule has 0 spiro atoms. The van der Waals surface area contributed by atoms with Crippen molar-refractivity contribution in [3.05, 3.63) is 59.2 Å². The summed E-state index contributed by atoms with van der Waals surface area (Å²) >= 11 is 0. The van der Waals surface area contributed by atoms with E-state index in [4.69, 9.17) is 0 Å². The number of pyridine rings is 2. The van der Waals surface area contributed by atoms with Crippen molar-refractivity contribution in [2.75, 3.05) is 0 Å². The standard InChI is InChI=1S/C14H16N2O/c1-10-7-12(8-11(2)16-10)14(17)9-13-5-3-4-6-15-13/h3-8,14,17H,9H2,1-2H3. The summed E-state index contributed by atoms with van der Waals surface area (Å²) in [5.41, 5.74) is 3.66. The molecule has 0 aromatic carbocycles. The number of hydrogen-bond acceptors (Lipinski definition) is 3. The van der Waals surface area contributed by atoms with Crippen molar-refractivity contribution in [3.8, 4) is 0 Å². The van der Waals surface area contributed by atoms with Crippen LogP contribution in [0.3, 0.4) is 0 Å². The van der Waals surface area contributed by atoms with Crippen LogP contribution in [0.4, 0.5) is 0 Å². The fourth-order valence-electron chi connectivity index (χ4n) is 1.89. The first-order chi connectivity index (χ1) is 8.15. The number of aliphatic hydroxyl groups excluding tert-OH is 1. The Hall–Kier alpha value is -1.74. The zero-order valence-electron chi connectivity index (χ0n) is 10.1. The molecule has 1 unspecified atom stereocenters. The summed E-state index contributed by atoms with van der Waals surface area (Å²) in [5, 5.41) is 10.2. The van der Waals surface area contributed by atoms with Gasteiger partial charge in [-0.25, -0.2) is 0 Å². The summed E-state index contributed by atoms with van der Waals surface area (Å²) in [6, 6.07) is 9.56. The predicted octanol–water partition coefficient (Wildman–Crippen LogP) is 2.37. The monoisotopic (exact) mass is 228 g/mol. The third-order valence-electron chi connectivity index (χ3n) is 2.62. The third kappa shape index (κ3) is 3.11. The van der Waals surface area contributed by atoms with Crippen molar-refractivity contribution < 1.29 is 5.11 Å². The molecule has 1 atom stereocenters. The highest BCUT2D eigenvalue weighted by Gasteiger charge is 2.10. The molecule has 88 valence electrons. The Labute approximate surface area is 101 Å². The minimum Gasteiger partial charge on any atom is -0.388 e. The SMILES string of the molecule is Cc1cc(C(O)Cc2ccccn2)cc(C)n1. The van der Waals surface area contributed by atoms with E-state index < -0.39 is 6.10 Å². The second kappa shape index (κ2) is 5.06. The largest absolute Gasteiger partial charge is 0.388 e. The maximum atomic E-state index is 10.2. The molecule has 2 aromatic rings. The van der Waals surface area contributed by atoms with Gasteiger partial charge in [-0.1, -0.05) is 6.07 Å². The molecular formula is C14H16N2O. The average molecular weight is 228 g/mol. The van der Waals surface area contributed by atoms with Gasteiger partial charge in [0, 0.05) is 29.7 Å². The molecule has 0 radical (unpaired) electrons. The smallest absolute Gasteiger partial charge is 0.0846 e. The summed E-state index contributed by atoms with van der Waals surface area (Å²) in [6.45, 7) is 3.87. The Morgan fingerprint density at radius 1 is 1.18 bits per heavy atom. The maximum absolute atomic E-state index is 10.2. The quantitative estimate of drug-likeness (QED) is 0.877. The van der Waals surface area contributed by atoms with E-state index in [0.29, 0.717) is 6.42 Å². The zero-order valence-corrected chi connectivity index (χ0v) is 10.1. The summed E-state index contributed by atoms with van der Waals surface area (Å²) in [4.78, 5) is 8.51. The number of aliphatic hydroxyl groups is 1. The Kier molecular flexibility index (Phi) is 3.49. The first-order valence-electron chi connectivity index (χ1n) is 5.68. The van der Waals surface area contributed by atoms with E-state index in [-0.39, 0.29) is 0 Å². The van der Waals surface area contributed by atoms with Crippen LogP contribution >= 0.6 is 0 Å². The summed E-state index contributed by atoms with van der Waals surface area (Å²) in [7, 11) is 0. The van der Waals surface area contributed by atoms with Gasteiger partial charge in [0.25, 0.3) is 0 Å². The lowest BCUT2D eigenvalue weighted by molar-refractivity contribution is 0.177. The van der Waals surface area contributed by atoms with Crippen LogP contribution in [0.25, 0.3) is 0 Å². The van der Waals surface area contributed by atoms with E-state index in [1.165, 1.54) is 0 Å². The van der Waals surface area contributed by atoms with E-state index in [1.807, 2.05) is 44.2 Å². The zero-order chi connectivity index (χ0) is 12.3. The molecule has 1 N–H and O–H groups in total. The highest BCUT2D eigenvalue weighted by atomic mass is 16.3. The summed E-state index contributed by atoms with van der Waals surface area (Å²) < 4.78 is 0. The second-order valence-corrected chi connectivity index (χ2v) is 4.22. The summed E-state index contributed by atoms with van der Waals surface area (Å²) in [5.74, 6) is 0. The highest BCUT2D eigenvalue weighted by molar-refractivity contribution is 5.23. The van der Waals surface area contributed by atoms with Gasteiger partial charge >= 0.3 is 0 Å². The molecule has 3 nitrogen and oxygen atoms in total. The highest BCUT2D eigenvalue weighted by Crippen LogP contribution is 2.18. The van der Waals surface area contributed by atoms with Crippen LogP contribution in [0.15, 0.2) is 36.5 Å². The normalized spacial score (nSPS) is 12.4. The molecule has 0 saturated carbocycles. The van der Waals surface area contributed by atoms with Gasteiger partial charge in [0.05, 0.1) is 6.10 Å². The van der Waals surface area contributed by atoms with Crippen molar-refractivity contribution >= 4 is 0 Å². The van der Waals surface area contributed by atoms with Crippen molar-refractivity contribution in [3.63, 3.8) is 0 Å². The number of hydrogen-bond donors (Lipinski definition) is 1. The second-order valence-electron chi connectivity index (χ2n) is 4.22. The number of rotatable bonds is 3. The van der Waals surface area contributed by atoms with Gasteiger partial charge in [-0.2, -0.15) is 0 Å². The van der Waals surface area contributed by atoms with Crippen molar-refractivity contribution in [2.45, 2.75) is 26.4 Å². The van der Waals surface area contributed by atoms with Crippen molar-refractivity contribution in [2.24, 2.45) is 0 Å². The molecular weight excluding hydrogens is 212 g/mol. The molecule has 0 aliphatic rings. The van der Waals surface area contributed by atoms with Gasteiger partial charge in [-0.3, -0.25) is 9.97 Å². The lowest BCUT2D eigenvalue weighted by atomic mass is 10.0. The Morgan fingerprint density at radius 3 is 2.47 bits per heavy atom. The van der Waals surface area contributed by atoms with Gasteiger partial charge < -0.3 is 5.11 Å². The fraction of sp³-hybridized carbons (Fsp3) is 0.286. The number of nitrogens with zero attached hydrogens (tertiary/aromatic N) is 2. The van der Waals surface area contributed by atoms with Crippen molar-refractivity contribution in [1.29, 1.82) is 0 Å². The lowest BCUT2D eigenvalue weighted by Gasteiger charge is -2.11. The number of aryl methyl sites for hydroxylation is 2. The molecule has 0 aliphatic heterocycles. The van der Waals surface area contributed by atoms with Crippen LogP contribution in [-0.4, -0.2) is 15.1 Å². The fourth-order valence-corrected chi connectivity index (χ4v) is 1.89. The average Bonchev–Trinajstić information content (AvgIpc) is 2.29. The van der Waals surface area contributed by atoms with Crippen LogP contribution in [-0.2, 0) is 6.42 Å². The van der Waals surface area contributed by atoms with Crippen LogP contribution < -0.4 is 0 Å². The van der Waals surface area contributed by atoms with Gasteiger partial charge in [-0.05, 0) is 43.7 Å². The molecule has 3 heteroatoms. The Balaban J connectivity index is 2.17. The van der Waals surface area contributed by atoms with E-state index in [2.05, 4.69) is 9.97 Å². The van der Waals surface area contributed by atoms with Crippen LogP contribution in [0.1, 0.15) is 28.7 Å². The molecule has 2 aromatic heterocycles. The predicted molar refractivity (Wildman–Crippen MR) is 66.6 cm³/mol. The molecule has 0 aliphatic carbocycles. The van der Waals surface area contributed by atoms with E-state index in [9.17, 15) is 5.11 Å². The minimum atomic E-state index is -0.523. The minimum absolute atomic E-state index is 0.523. The van der Waals surface area contributed by atoms with Crippen LogP contribution in [0, 0.1) is 13.8 Å². The molecule has 17 heavy (non-hydrogen) atoms. The van der Waals surface area contributed by atoms with Gasteiger partial charge in [0.1, 0.15) is 0 Å². The van der Waals surface area contributed by atoms with E-state index >= 15 is 0 Å². The Bertz CT molecular complexity index is 477. The molecule has 0 saturated heterocycles. The van der Waals surface area contributed by atoms with Crippen LogP contribution in [0.5, 0.6) is 0 Å². The molecule has 0 bridgehead atoms. The first kappa shape index (κ1) is 11.7. The van der Waals surface area contributed by atoms with Gasteiger partial charge in [0.2, 0.25) is 0 Å². The van der Waals surface area contributed by atoms with E-state index in [0.717, 1.165) is 22.6 Å². The molecule has 2 heterocycles. The van der Waals surface area contributed by atoms with Crippen LogP contribution in [0.2, 0.25) is 0 Å². The third-order valence-corrected chi connectivity index (χ3v) is 2.62. The topological polar surface area (TPSA) is 46.0 Å². The number of aromatic nitrogens is 2. The maximum Gasteiger partial charge on any atom is 0.0846 e. The molecule has 0 amide bonds. The van der Waals surface area contributed by atoms with Gasteiger partial charge in [0.15, 0.2) is 0 Å². The summed E-state index contributed by atoms with van der Waals surface area (Å²) in [6.07, 6.45) is 1.75. The first-order valence-corrected chi connectivity index (χ1v) is 5.68. The van der Waals surface area contributed by atoms with Gasteiger partial charge in [-0.15, -0.1) is 0 Å². The molecule has 0 fully saturated rings. The van der Waals surface area contributed by atoms with Crippen molar-refractivity contribution in [1.82, 2.24) is 9.97 Å².